The van der Waals surface area contributed by atoms with Gasteiger partial charge in [-0.3, -0.25) is 14.9 Å². The van der Waals surface area contributed by atoms with Crippen LogP contribution in [0, 0.1) is 17.0 Å². The van der Waals surface area contributed by atoms with Crippen LogP contribution >= 0.6 is 0 Å². The topological polar surface area (TPSA) is 122 Å². The third kappa shape index (κ3) is 4.21. The van der Waals surface area contributed by atoms with Crippen LogP contribution in [0.2, 0.25) is 0 Å². The maximum atomic E-state index is 12.3. The van der Waals surface area contributed by atoms with Gasteiger partial charge in [-0.1, -0.05) is 18.2 Å². The number of nitro benzene ring substituents is 1. The number of nitrogens with one attached hydrogen (secondary N) is 2. The van der Waals surface area contributed by atoms with Crippen LogP contribution in [0.15, 0.2) is 58.2 Å². The molecule has 0 saturated carbocycles. The zero-order chi connectivity index (χ0) is 19.6. The van der Waals surface area contributed by atoms with Gasteiger partial charge in [0.15, 0.2) is 0 Å². The lowest BCUT2D eigenvalue weighted by Crippen LogP contribution is -2.27. The lowest BCUT2D eigenvalue weighted by Gasteiger charge is -2.07. The van der Waals surface area contributed by atoms with Gasteiger partial charge in [-0.05, 0) is 42.5 Å². The first-order valence-corrected chi connectivity index (χ1v) is 9.61. The highest BCUT2D eigenvalue weighted by Gasteiger charge is 2.17. The molecule has 0 saturated heterocycles. The summed E-state index contributed by atoms with van der Waals surface area (Å²) >= 11 is 0. The molecule has 0 radical (unpaired) electrons. The molecule has 2 aromatic carbocycles. The molecule has 0 amide bonds. The molecule has 3 rings (SSSR count). The Morgan fingerprint density at radius 2 is 1.93 bits per heavy atom. The van der Waals surface area contributed by atoms with Gasteiger partial charge in [-0.15, -0.1) is 0 Å². The number of nitro groups is 1. The summed E-state index contributed by atoms with van der Waals surface area (Å²) in [5.74, 6) is 0. The predicted molar refractivity (Wildman–Crippen MR) is 101 cm³/mol. The van der Waals surface area contributed by atoms with E-state index in [1.54, 1.807) is 6.07 Å². The zero-order valence-corrected chi connectivity index (χ0v) is 15.2. The molecule has 2 N–H and O–H groups in total. The van der Waals surface area contributed by atoms with Crippen molar-refractivity contribution in [3.05, 3.63) is 80.1 Å². The highest BCUT2D eigenvalue weighted by atomic mass is 32.2. The Bertz CT molecular complexity index is 1190. The molecule has 0 fully saturated rings. The lowest BCUT2D eigenvalue weighted by atomic mass is 10.1. The van der Waals surface area contributed by atoms with Crippen LogP contribution in [-0.2, 0) is 16.4 Å². The maximum absolute atomic E-state index is 12.3. The number of aryl methyl sites for hydroxylation is 1. The normalized spacial score (nSPS) is 11.6. The largest absolute Gasteiger partial charge is 0.322 e. The number of pyridine rings is 1. The Morgan fingerprint density at radius 1 is 1.15 bits per heavy atom. The maximum Gasteiger partial charge on any atom is 0.270 e. The number of hydrogen-bond donors (Lipinski definition) is 2. The molecule has 0 unspecified atom stereocenters. The molecule has 0 aliphatic rings. The first-order valence-electron chi connectivity index (χ1n) is 8.13. The van der Waals surface area contributed by atoms with Crippen molar-refractivity contribution < 1.29 is 13.3 Å². The number of aromatic amines is 1. The van der Waals surface area contributed by atoms with Crippen LogP contribution in [0.4, 0.5) is 5.69 Å². The van der Waals surface area contributed by atoms with Crippen molar-refractivity contribution in [3.63, 3.8) is 0 Å². The fourth-order valence-corrected chi connectivity index (χ4v) is 3.78. The number of fused-ring (bicyclic) bond motifs is 1. The number of sulfonamides is 1. The molecule has 0 atom stereocenters. The second-order valence-electron chi connectivity index (χ2n) is 6.12. The first kappa shape index (κ1) is 18.7. The van der Waals surface area contributed by atoms with Gasteiger partial charge in [0, 0.05) is 29.8 Å². The first-order chi connectivity index (χ1) is 12.8. The molecule has 9 heteroatoms. The fraction of sp³-hybridized carbons (Fsp3) is 0.167. The van der Waals surface area contributed by atoms with Gasteiger partial charge in [-0.25, -0.2) is 13.1 Å². The van der Waals surface area contributed by atoms with E-state index in [-0.39, 0.29) is 29.1 Å². The Morgan fingerprint density at radius 3 is 2.67 bits per heavy atom. The summed E-state index contributed by atoms with van der Waals surface area (Å²) in [7, 11) is -3.91. The third-order valence-corrected chi connectivity index (χ3v) is 5.56. The number of aromatic nitrogens is 1. The fourth-order valence-electron chi connectivity index (χ4n) is 2.71. The molecule has 140 valence electrons. The number of benzene rings is 2. The molecule has 27 heavy (non-hydrogen) atoms. The summed E-state index contributed by atoms with van der Waals surface area (Å²) in [4.78, 5) is 24.9. The van der Waals surface area contributed by atoms with Crippen molar-refractivity contribution in [3.8, 4) is 0 Å². The van der Waals surface area contributed by atoms with Gasteiger partial charge in [-0.2, -0.15) is 0 Å². The van der Waals surface area contributed by atoms with E-state index in [2.05, 4.69) is 9.71 Å². The van der Waals surface area contributed by atoms with E-state index in [1.807, 2.05) is 25.1 Å². The van der Waals surface area contributed by atoms with Crippen LogP contribution in [0.25, 0.3) is 10.9 Å². The van der Waals surface area contributed by atoms with E-state index in [0.29, 0.717) is 5.56 Å². The second kappa shape index (κ2) is 7.29. The summed E-state index contributed by atoms with van der Waals surface area (Å²) in [6, 6.07) is 12.2. The average molecular weight is 387 g/mol. The van der Waals surface area contributed by atoms with Gasteiger partial charge in [0.05, 0.1) is 9.82 Å². The van der Waals surface area contributed by atoms with Gasteiger partial charge >= 0.3 is 0 Å². The minimum absolute atomic E-state index is 0.00846. The summed E-state index contributed by atoms with van der Waals surface area (Å²) in [6.45, 7) is 1.92. The van der Waals surface area contributed by atoms with Crippen LogP contribution < -0.4 is 10.3 Å². The van der Waals surface area contributed by atoms with E-state index in [4.69, 9.17) is 0 Å². The molecular formula is C18H17N3O5S. The SMILES string of the molecule is Cc1ccc2cc(CCNS(=O)(=O)c3cccc([N+](=O)[O-])c3)c(=O)[nH]c2c1. The number of H-pyrrole nitrogens is 1. The molecular weight excluding hydrogens is 370 g/mol. The minimum Gasteiger partial charge on any atom is -0.322 e. The van der Waals surface area contributed by atoms with Crippen molar-refractivity contribution in [1.29, 1.82) is 0 Å². The molecule has 0 aliphatic carbocycles. The molecule has 3 aromatic rings. The van der Waals surface area contributed by atoms with Gasteiger partial charge in [0.2, 0.25) is 10.0 Å². The highest BCUT2D eigenvalue weighted by molar-refractivity contribution is 7.89. The van der Waals surface area contributed by atoms with Crippen molar-refractivity contribution in [1.82, 2.24) is 9.71 Å². The number of hydrogen-bond acceptors (Lipinski definition) is 5. The average Bonchev–Trinajstić information content (AvgIpc) is 2.62. The quantitative estimate of drug-likeness (QED) is 0.496. The third-order valence-electron chi connectivity index (χ3n) is 4.10. The van der Waals surface area contributed by atoms with E-state index in [9.17, 15) is 23.3 Å². The number of non-ortho nitro benzene ring substituents is 1. The van der Waals surface area contributed by atoms with Crippen molar-refractivity contribution in [2.75, 3.05) is 6.54 Å². The molecule has 8 nitrogen and oxygen atoms in total. The van der Waals surface area contributed by atoms with Crippen molar-refractivity contribution >= 4 is 26.6 Å². The summed E-state index contributed by atoms with van der Waals surface area (Å²) < 4.78 is 27.0. The van der Waals surface area contributed by atoms with Crippen LogP contribution in [0.5, 0.6) is 0 Å². The van der Waals surface area contributed by atoms with Crippen molar-refractivity contribution in [2.24, 2.45) is 0 Å². The van der Waals surface area contributed by atoms with Crippen LogP contribution in [0.3, 0.4) is 0 Å². The Balaban J connectivity index is 1.76. The van der Waals surface area contributed by atoms with Crippen molar-refractivity contribution in [2.45, 2.75) is 18.2 Å². The highest BCUT2D eigenvalue weighted by Crippen LogP contribution is 2.17. The molecule has 1 heterocycles. The van der Waals surface area contributed by atoms with E-state index >= 15 is 0 Å². The smallest absolute Gasteiger partial charge is 0.270 e. The van der Waals surface area contributed by atoms with Gasteiger partial charge in [0.1, 0.15) is 0 Å². The van der Waals surface area contributed by atoms with E-state index in [0.717, 1.165) is 22.5 Å². The molecule has 1 aromatic heterocycles. The summed E-state index contributed by atoms with van der Waals surface area (Å²) in [5.41, 5.74) is 1.62. The lowest BCUT2D eigenvalue weighted by molar-refractivity contribution is -0.385. The molecule has 0 bridgehead atoms. The Labute approximate surface area is 155 Å². The monoisotopic (exact) mass is 387 g/mol. The van der Waals surface area contributed by atoms with E-state index in [1.165, 1.54) is 18.2 Å². The molecule has 0 spiro atoms. The van der Waals surface area contributed by atoms with Crippen LogP contribution in [-0.4, -0.2) is 24.9 Å². The Kier molecular flexibility index (Phi) is 5.06. The Hall–Kier alpha value is -3.04. The van der Waals surface area contributed by atoms with Crippen LogP contribution in [0.1, 0.15) is 11.1 Å². The minimum atomic E-state index is -3.91. The number of rotatable bonds is 6. The second-order valence-corrected chi connectivity index (χ2v) is 7.88. The van der Waals surface area contributed by atoms with Gasteiger partial charge in [0.25, 0.3) is 11.2 Å². The predicted octanol–water partition coefficient (Wildman–Crippen LogP) is 2.27. The standard InChI is InChI=1S/C18H17N3O5S/c1-12-5-6-13-10-14(18(22)20-17(13)9-12)7-8-19-27(25,26)16-4-2-3-15(11-16)21(23)24/h2-6,9-11,19H,7-8H2,1H3,(H,20,22). The zero-order valence-electron chi connectivity index (χ0n) is 14.4. The molecule has 0 aliphatic heterocycles. The van der Waals surface area contributed by atoms with E-state index < -0.39 is 14.9 Å². The summed E-state index contributed by atoms with van der Waals surface area (Å²) in [6.07, 6.45) is 0.188. The van der Waals surface area contributed by atoms with Gasteiger partial charge < -0.3 is 4.98 Å². The summed E-state index contributed by atoms with van der Waals surface area (Å²) in [5, 5.41) is 11.7. The number of nitrogens with zero attached hydrogens (tertiary/aromatic N) is 1.